The number of carbonyl (C=O) groups is 1. The first-order valence-electron chi connectivity index (χ1n) is 8.52. The second-order valence-corrected chi connectivity index (χ2v) is 7.47. The van der Waals surface area contributed by atoms with E-state index in [0.29, 0.717) is 38.3 Å². The van der Waals surface area contributed by atoms with Gasteiger partial charge >= 0.3 is 5.97 Å². The highest BCUT2D eigenvalue weighted by Crippen LogP contribution is 2.32. The summed E-state index contributed by atoms with van der Waals surface area (Å²) in [5.41, 5.74) is 1.73. The Balaban J connectivity index is 2.21. The van der Waals surface area contributed by atoms with Crippen molar-refractivity contribution in [3.05, 3.63) is 57.3 Å². The standard InChI is InChI=1S/C20H19ClN2O4S/c1-12-10-16(17(26-2)11-14(12)21)23-19(25)13-6-4-5-7-15(13)22-20(23)28-9-8-18(24)27-3/h4-7,10-11H,8-9H2,1-3H3. The van der Waals surface area contributed by atoms with Crippen molar-refractivity contribution in [3.63, 3.8) is 0 Å². The minimum absolute atomic E-state index is 0.209. The van der Waals surface area contributed by atoms with Gasteiger partial charge in [-0.15, -0.1) is 0 Å². The highest BCUT2D eigenvalue weighted by molar-refractivity contribution is 7.99. The molecule has 8 heteroatoms. The van der Waals surface area contributed by atoms with Gasteiger partial charge in [-0.1, -0.05) is 35.5 Å². The van der Waals surface area contributed by atoms with Crippen LogP contribution < -0.4 is 10.3 Å². The van der Waals surface area contributed by atoms with Gasteiger partial charge in [0.05, 0.1) is 37.2 Å². The number of para-hydroxylation sites is 1. The van der Waals surface area contributed by atoms with Gasteiger partial charge < -0.3 is 9.47 Å². The quantitative estimate of drug-likeness (QED) is 0.342. The van der Waals surface area contributed by atoms with Crippen LogP contribution >= 0.6 is 23.4 Å². The Morgan fingerprint density at radius 2 is 2.00 bits per heavy atom. The van der Waals surface area contributed by atoms with Gasteiger partial charge in [-0.2, -0.15) is 0 Å². The number of esters is 1. The van der Waals surface area contributed by atoms with E-state index in [0.717, 1.165) is 5.56 Å². The third-order valence-electron chi connectivity index (χ3n) is 4.21. The zero-order chi connectivity index (χ0) is 20.3. The van der Waals surface area contributed by atoms with E-state index in [1.165, 1.54) is 30.5 Å². The molecule has 146 valence electrons. The van der Waals surface area contributed by atoms with Crippen LogP contribution in [0.5, 0.6) is 5.75 Å². The summed E-state index contributed by atoms with van der Waals surface area (Å²) in [4.78, 5) is 29.4. The van der Waals surface area contributed by atoms with Crippen LogP contribution in [0.1, 0.15) is 12.0 Å². The summed E-state index contributed by atoms with van der Waals surface area (Å²) in [6.07, 6.45) is 0.209. The summed E-state index contributed by atoms with van der Waals surface area (Å²) >= 11 is 7.53. The Morgan fingerprint density at radius 3 is 2.71 bits per heavy atom. The van der Waals surface area contributed by atoms with Crippen LogP contribution in [0.2, 0.25) is 5.02 Å². The normalized spacial score (nSPS) is 10.9. The maximum atomic E-state index is 13.3. The second kappa shape index (κ2) is 8.67. The number of fused-ring (bicyclic) bond motifs is 1. The largest absolute Gasteiger partial charge is 0.495 e. The molecule has 0 fully saturated rings. The number of hydrogen-bond acceptors (Lipinski definition) is 6. The molecule has 3 aromatic rings. The molecule has 28 heavy (non-hydrogen) atoms. The molecule has 0 bridgehead atoms. The fourth-order valence-corrected chi connectivity index (χ4v) is 3.81. The summed E-state index contributed by atoms with van der Waals surface area (Å²) in [7, 11) is 2.87. The van der Waals surface area contributed by atoms with Gasteiger partial charge in [0, 0.05) is 16.8 Å². The lowest BCUT2D eigenvalue weighted by molar-refractivity contribution is -0.140. The van der Waals surface area contributed by atoms with E-state index in [4.69, 9.17) is 16.3 Å². The van der Waals surface area contributed by atoms with Crippen LogP contribution in [0, 0.1) is 6.92 Å². The lowest BCUT2D eigenvalue weighted by Gasteiger charge is -2.17. The molecule has 1 aromatic heterocycles. The van der Waals surface area contributed by atoms with Crippen molar-refractivity contribution in [3.8, 4) is 11.4 Å². The molecule has 3 rings (SSSR count). The van der Waals surface area contributed by atoms with Gasteiger partial charge in [-0.25, -0.2) is 4.98 Å². The number of halogens is 1. The zero-order valence-corrected chi connectivity index (χ0v) is 17.3. The van der Waals surface area contributed by atoms with Crippen molar-refractivity contribution >= 4 is 40.2 Å². The molecule has 0 aliphatic heterocycles. The van der Waals surface area contributed by atoms with Crippen LogP contribution in [0.15, 0.2) is 46.3 Å². The van der Waals surface area contributed by atoms with Crippen LogP contribution in [0.25, 0.3) is 16.6 Å². The number of thioether (sulfide) groups is 1. The predicted octanol–water partition coefficient (Wildman–Crippen LogP) is 4.01. The van der Waals surface area contributed by atoms with E-state index < -0.39 is 0 Å². The van der Waals surface area contributed by atoms with E-state index in [1.807, 2.05) is 13.0 Å². The molecule has 0 amide bonds. The molecule has 0 saturated heterocycles. The first-order valence-corrected chi connectivity index (χ1v) is 9.88. The van der Waals surface area contributed by atoms with Crippen molar-refractivity contribution in [2.45, 2.75) is 18.5 Å². The highest BCUT2D eigenvalue weighted by atomic mass is 35.5. The molecule has 0 aliphatic carbocycles. The summed E-state index contributed by atoms with van der Waals surface area (Å²) < 4.78 is 11.7. The number of rotatable bonds is 6. The third kappa shape index (κ3) is 4.00. The SMILES string of the molecule is COC(=O)CCSc1nc2ccccc2c(=O)n1-c1cc(C)c(Cl)cc1OC. The minimum Gasteiger partial charge on any atom is -0.495 e. The van der Waals surface area contributed by atoms with Gasteiger partial charge in [0.15, 0.2) is 5.16 Å². The van der Waals surface area contributed by atoms with Crippen molar-refractivity contribution in [2.24, 2.45) is 0 Å². The number of methoxy groups -OCH3 is 2. The molecule has 2 aromatic carbocycles. The smallest absolute Gasteiger partial charge is 0.306 e. The van der Waals surface area contributed by atoms with Gasteiger partial charge in [-0.05, 0) is 30.7 Å². The molecule has 1 heterocycles. The van der Waals surface area contributed by atoms with E-state index in [1.54, 1.807) is 30.3 Å². The number of aryl methyl sites for hydroxylation is 1. The van der Waals surface area contributed by atoms with Crippen LogP contribution in [0.4, 0.5) is 0 Å². The maximum Gasteiger partial charge on any atom is 0.306 e. The number of ether oxygens (including phenoxy) is 2. The topological polar surface area (TPSA) is 70.4 Å². The third-order valence-corrected chi connectivity index (χ3v) is 5.56. The Labute approximate surface area is 171 Å². The molecule has 0 N–H and O–H groups in total. The molecule has 0 unspecified atom stereocenters. The first kappa shape index (κ1) is 20.2. The molecule has 0 spiro atoms. The summed E-state index contributed by atoms with van der Waals surface area (Å²) in [5.74, 6) is 0.568. The monoisotopic (exact) mass is 418 g/mol. The predicted molar refractivity (Wildman–Crippen MR) is 111 cm³/mol. The molecule has 0 aliphatic rings. The van der Waals surface area contributed by atoms with Crippen molar-refractivity contribution < 1.29 is 14.3 Å². The summed E-state index contributed by atoms with van der Waals surface area (Å²) in [6.45, 7) is 1.86. The van der Waals surface area contributed by atoms with Crippen LogP contribution in [-0.4, -0.2) is 35.5 Å². The van der Waals surface area contributed by atoms with Crippen LogP contribution in [-0.2, 0) is 9.53 Å². The van der Waals surface area contributed by atoms with E-state index in [2.05, 4.69) is 9.72 Å². The van der Waals surface area contributed by atoms with E-state index in [9.17, 15) is 9.59 Å². The highest BCUT2D eigenvalue weighted by Gasteiger charge is 2.18. The molecule has 0 radical (unpaired) electrons. The van der Waals surface area contributed by atoms with Gasteiger partial charge in [0.2, 0.25) is 0 Å². The Morgan fingerprint density at radius 1 is 1.25 bits per heavy atom. The van der Waals surface area contributed by atoms with E-state index >= 15 is 0 Å². The lowest BCUT2D eigenvalue weighted by Crippen LogP contribution is -2.22. The fourth-order valence-electron chi connectivity index (χ4n) is 2.74. The van der Waals surface area contributed by atoms with Gasteiger partial charge in [0.1, 0.15) is 5.75 Å². The molecule has 0 saturated carbocycles. The average Bonchev–Trinajstić information content (AvgIpc) is 2.70. The fraction of sp³-hybridized carbons (Fsp3) is 0.250. The number of carbonyl (C=O) groups excluding carboxylic acids is 1. The maximum absolute atomic E-state index is 13.3. The Kier molecular flexibility index (Phi) is 6.26. The summed E-state index contributed by atoms with van der Waals surface area (Å²) in [6, 6.07) is 10.6. The van der Waals surface area contributed by atoms with Gasteiger partial charge in [-0.3, -0.25) is 14.2 Å². The minimum atomic E-state index is -0.317. The Hall–Kier alpha value is -2.51. The summed E-state index contributed by atoms with van der Waals surface area (Å²) in [5, 5.41) is 1.50. The second-order valence-electron chi connectivity index (χ2n) is 6.00. The van der Waals surface area contributed by atoms with Crippen molar-refractivity contribution in [1.29, 1.82) is 0 Å². The van der Waals surface area contributed by atoms with Gasteiger partial charge in [0.25, 0.3) is 5.56 Å². The van der Waals surface area contributed by atoms with Crippen molar-refractivity contribution in [2.75, 3.05) is 20.0 Å². The first-order chi connectivity index (χ1) is 13.5. The lowest BCUT2D eigenvalue weighted by atomic mass is 10.2. The number of hydrogen-bond donors (Lipinski definition) is 0. The molecule has 0 atom stereocenters. The molecule has 6 nitrogen and oxygen atoms in total. The van der Waals surface area contributed by atoms with Crippen LogP contribution in [0.3, 0.4) is 0 Å². The molecular weight excluding hydrogens is 400 g/mol. The number of benzene rings is 2. The number of aromatic nitrogens is 2. The van der Waals surface area contributed by atoms with Crippen molar-refractivity contribution in [1.82, 2.24) is 9.55 Å². The average molecular weight is 419 g/mol. The molecular formula is C20H19ClN2O4S. The number of nitrogens with zero attached hydrogens (tertiary/aromatic N) is 2. The zero-order valence-electron chi connectivity index (χ0n) is 15.7. The van der Waals surface area contributed by atoms with E-state index in [-0.39, 0.29) is 17.9 Å². The Bertz CT molecular complexity index is 1100.